The number of alkyl halides is 2. The van der Waals surface area contributed by atoms with E-state index in [1.165, 1.54) is 24.3 Å². The summed E-state index contributed by atoms with van der Waals surface area (Å²) in [5.41, 5.74) is -5.36. The molecule has 4 aliphatic carbocycles. The van der Waals surface area contributed by atoms with E-state index in [1.807, 2.05) is 18.2 Å². The van der Waals surface area contributed by atoms with Crippen molar-refractivity contribution >= 4 is 28.6 Å². The Morgan fingerprint density at radius 2 is 1.72 bits per heavy atom. The minimum atomic E-state index is -2.09. The molecule has 7 atom stereocenters. The van der Waals surface area contributed by atoms with Crippen molar-refractivity contribution in [1.29, 1.82) is 0 Å². The molecular formula is C34H34F2O6S. The molecule has 43 heavy (non-hydrogen) atoms. The molecule has 3 saturated carbocycles. The van der Waals surface area contributed by atoms with E-state index in [-0.39, 0.29) is 24.2 Å². The van der Waals surface area contributed by atoms with Crippen LogP contribution in [0.2, 0.25) is 0 Å². The Balaban J connectivity index is 1.31. The van der Waals surface area contributed by atoms with E-state index in [0.29, 0.717) is 48.1 Å². The van der Waals surface area contributed by atoms with Crippen molar-refractivity contribution in [2.45, 2.75) is 63.3 Å². The number of carbonyl (C=O) groups is 3. The van der Waals surface area contributed by atoms with E-state index in [1.54, 1.807) is 44.2 Å². The van der Waals surface area contributed by atoms with Crippen LogP contribution in [0.3, 0.4) is 0 Å². The second-order valence-electron chi connectivity index (χ2n) is 12.5. The summed E-state index contributed by atoms with van der Waals surface area (Å²) in [6.45, 7) is 3.49. The van der Waals surface area contributed by atoms with Crippen LogP contribution in [0.25, 0.3) is 0 Å². The number of hydrogen-bond acceptors (Lipinski definition) is 7. The van der Waals surface area contributed by atoms with E-state index in [9.17, 15) is 23.9 Å². The normalized spacial score (nSPS) is 36.2. The van der Waals surface area contributed by atoms with Crippen molar-refractivity contribution in [1.82, 2.24) is 0 Å². The van der Waals surface area contributed by atoms with Crippen LogP contribution >= 0.6 is 11.8 Å². The molecule has 6 rings (SSSR count). The van der Waals surface area contributed by atoms with Crippen molar-refractivity contribution in [2.24, 2.45) is 22.7 Å². The summed E-state index contributed by atoms with van der Waals surface area (Å²) in [4.78, 5) is 39.4. The van der Waals surface area contributed by atoms with Gasteiger partial charge in [-0.1, -0.05) is 36.8 Å². The van der Waals surface area contributed by atoms with Gasteiger partial charge in [-0.15, -0.1) is 0 Å². The number of esters is 1. The van der Waals surface area contributed by atoms with Crippen LogP contribution in [-0.4, -0.2) is 45.4 Å². The van der Waals surface area contributed by atoms with Gasteiger partial charge in [0.15, 0.2) is 17.1 Å². The molecule has 2 aromatic carbocycles. The number of ketones is 1. The second-order valence-corrected chi connectivity index (χ2v) is 13.4. The molecule has 9 heteroatoms. The Morgan fingerprint density at radius 3 is 2.42 bits per heavy atom. The van der Waals surface area contributed by atoms with E-state index in [2.05, 4.69) is 0 Å². The van der Waals surface area contributed by atoms with Crippen LogP contribution < -0.4 is 4.74 Å². The number of para-hydroxylation sites is 1. The van der Waals surface area contributed by atoms with Crippen LogP contribution in [0.5, 0.6) is 11.5 Å². The van der Waals surface area contributed by atoms with Crippen LogP contribution in [-0.2, 0) is 14.3 Å². The van der Waals surface area contributed by atoms with Gasteiger partial charge in [0.05, 0.1) is 11.7 Å². The lowest BCUT2D eigenvalue weighted by Crippen LogP contribution is -2.69. The van der Waals surface area contributed by atoms with Crippen LogP contribution in [0.1, 0.15) is 56.3 Å². The molecule has 3 unspecified atom stereocenters. The highest BCUT2D eigenvalue weighted by Gasteiger charge is 2.75. The van der Waals surface area contributed by atoms with Crippen molar-refractivity contribution < 1.29 is 37.7 Å². The largest absolute Gasteiger partial charge is 0.457 e. The summed E-state index contributed by atoms with van der Waals surface area (Å²) in [7, 11) is 0. The Bertz CT molecular complexity index is 1510. The van der Waals surface area contributed by atoms with E-state index >= 15 is 4.39 Å². The quantitative estimate of drug-likeness (QED) is 0.356. The standard InChI is InChI=1S/C34H34F2O6S/c1-31-16-14-23(37)18-22(31)10-13-27-26-15-17-33(30(40)43-20-35,32(26,2)19-28(38)34(27,31)36)42-29(39)21-8-11-25(12-9-21)41-24-6-4-3-5-7-24/h3-9,11-12,14,16,18,26-28,38H,10,13,15,17,19-20H2,1-2H3/t26?,27?,28-,31-,32-,33-,34?/m0/s1. The van der Waals surface area contributed by atoms with Gasteiger partial charge in [0, 0.05) is 16.7 Å². The summed E-state index contributed by atoms with van der Waals surface area (Å²) < 4.78 is 43.0. The maximum absolute atomic E-state index is 17.5. The fourth-order valence-electron chi connectivity index (χ4n) is 8.41. The molecule has 0 bridgehead atoms. The lowest BCUT2D eigenvalue weighted by molar-refractivity contribution is -0.214. The molecule has 4 aliphatic rings. The minimum absolute atomic E-state index is 0.0912. The van der Waals surface area contributed by atoms with Crippen LogP contribution in [0, 0.1) is 22.7 Å². The van der Waals surface area contributed by atoms with Gasteiger partial charge < -0.3 is 14.6 Å². The Kier molecular flexibility index (Phi) is 7.40. The van der Waals surface area contributed by atoms with E-state index in [4.69, 9.17) is 9.47 Å². The molecule has 2 aromatic rings. The third kappa shape index (κ3) is 4.41. The third-order valence-corrected chi connectivity index (χ3v) is 11.3. The van der Waals surface area contributed by atoms with E-state index in [0.717, 1.165) is 0 Å². The fourth-order valence-corrected chi connectivity index (χ4v) is 9.12. The SMILES string of the molecule is C[C@]12C=CC(=O)C=C1CCC1C3CC[C@](OC(=O)c4ccc(Oc5ccccc5)cc4)(C(=O)SCF)[C@@]3(C)C[C@H](O)C12F. The molecule has 0 saturated heterocycles. The molecule has 6 nitrogen and oxygen atoms in total. The monoisotopic (exact) mass is 608 g/mol. The lowest BCUT2D eigenvalue weighted by Gasteiger charge is -2.62. The minimum Gasteiger partial charge on any atom is -0.457 e. The fraction of sp³-hybridized carbons (Fsp3) is 0.441. The number of ether oxygens (including phenoxy) is 2. The molecule has 0 aromatic heterocycles. The molecule has 226 valence electrons. The van der Waals surface area contributed by atoms with Crippen molar-refractivity contribution in [3.05, 3.63) is 84.0 Å². The number of thioether (sulfide) groups is 1. The predicted octanol–water partition coefficient (Wildman–Crippen LogP) is 6.93. The molecule has 0 amide bonds. The molecule has 0 heterocycles. The number of rotatable bonds is 6. The summed E-state index contributed by atoms with van der Waals surface area (Å²) in [6.07, 6.45) is 4.01. The summed E-state index contributed by atoms with van der Waals surface area (Å²) in [6, 6.07) is 14.4. The van der Waals surface area contributed by atoms with Crippen molar-refractivity contribution in [2.75, 3.05) is 6.01 Å². The van der Waals surface area contributed by atoms with Gasteiger partial charge in [-0.3, -0.25) is 9.59 Å². The summed E-state index contributed by atoms with van der Waals surface area (Å²) in [5.74, 6) is -0.929. The summed E-state index contributed by atoms with van der Waals surface area (Å²) >= 11 is 0.434. The topological polar surface area (TPSA) is 89.9 Å². The molecule has 0 spiro atoms. The number of carbonyl (C=O) groups excluding carboxylic acids is 3. The van der Waals surface area contributed by atoms with Crippen LogP contribution in [0.15, 0.2) is 78.4 Å². The van der Waals surface area contributed by atoms with Gasteiger partial charge in [-0.05, 0) is 105 Å². The van der Waals surface area contributed by atoms with Crippen LogP contribution in [0.4, 0.5) is 8.78 Å². The highest BCUT2D eigenvalue weighted by molar-refractivity contribution is 8.13. The Labute approximate surface area is 253 Å². The first-order chi connectivity index (χ1) is 20.5. The lowest BCUT2D eigenvalue weighted by atomic mass is 9.45. The maximum atomic E-state index is 17.5. The van der Waals surface area contributed by atoms with Gasteiger partial charge in [0.2, 0.25) is 5.12 Å². The number of aliphatic hydroxyl groups excluding tert-OH is 1. The average Bonchev–Trinajstić information content (AvgIpc) is 3.27. The smallest absolute Gasteiger partial charge is 0.339 e. The van der Waals surface area contributed by atoms with Gasteiger partial charge >= 0.3 is 5.97 Å². The first-order valence-corrected chi connectivity index (χ1v) is 15.6. The Hall–Kier alpha value is -3.30. The zero-order chi connectivity index (χ0) is 30.6. The Morgan fingerprint density at radius 1 is 1.02 bits per heavy atom. The highest BCUT2D eigenvalue weighted by Crippen LogP contribution is 2.70. The number of allylic oxidation sites excluding steroid dienone is 4. The molecule has 3 fully saturated rings. The van der Waals surface area contributed by atoms with Crippen molar-refractivity contribution in [3.8, 4) is 11.5 Å². The molecule has 1 N–H and O–H groups in total. The van der Waals surface area contributed by atoms with Gasteiger partial charge in [0.25, 0.3) is 0 Å². The number of fused-ring (bicyclic) bond motifs is 5. The van der Waals surface area contributed by atoms with Gasteiger partial charge in [0.1, 0.15) is 17.5 Å². The molecule has 0 radical (unpaired) electrons. The predicted molar refractivity (Wildman–Crippen MR) is 158 cm³/mol. The third-order valence-electron chi connectivity index (χ3n) is 10.6. The number of aliphatic hydroxyl groups is 1. The first kappa shape index (κ1) is 29.8. The van der Waals surface area contributed by atoms with Gasteiger partial charge in [-0.2, -0.15) is 0 Å². The molecule has 0 aliphatic heterocycles. The average molecular weight is 609 g/mol. The van der Waals surface area contributed by atoms with Gasteiger partial charge in [-0.25, -0.2) is 13.6 Å². The zero-order valence-electron chi connectivity index (χ0n) is 24.1. The maximum Gasteiger partial charge on any atom is 0.339 e. The number of hydrogen-bond donors (Lipinski definition) is 1. The number of benzene rings is 2. The zero-order valence-corrected chi connectivity index (χ0v) is 24.9. The van der Waals surface area contributed by atoms with E-state index < -0.39 is 57.1 Å². The second kappa shape index (κ2) is 10.7. The molecular weight excluding hydrogens is 574 g/mol. The van der Waals surface area contributed by atoms with Crippen molar-refractivity contribution in [3.63, 3.8) is 0 Å². The highest BCUT2D eigenvalue weighted by atomic mass is 32.2. The number of halogens is 2. The first-order valence-electron chi connectivity index (χ1n) is 14.6. The summed E-state index contributed by atoms with van der Waals surface area (Å²) in [5, 5.41) is 11.0.